The van der Waals surface area contributed by atoms with E-state index in [1.165, 1.54) is 0 Å². The van der Waals surface area contributed by atoms with E-state index in [0.717, 1.165) is 22.1 Å². The Morgan fingerprint density at radius 3 is 2.74 bits per heavy atom. The Hall–Kier alpha value is -1.98. The average Bonchev–Trinajstić information content (AvgIpc) is 2.43. The van der Waals surface area contributed by atoms with Crippen LogP contribution >= 0.6 is 0 Å². The van der Waals surface area contributed by atoms with Gasteiger partial charge >= 0.3 is 0 Å². The van der Waals surface area contributed by atoms with Gasteiger partial charge in [-0.1, -0.05) is 36.4 Å². The molecule has 0 heterocycles. The van der Waals surface area contributed by atoms with Gasteiger partial charge in [-0.2, -0.15) is 0 Å². The van der Waals surface area contributed by atoms with E-state index in [9.17, 15) is 5.11 Å². The number of rotatable bonds is 4. The molecule has 0 aliphatic carbocycles. The molecule has 2 aromatic carbocycles. The molecule has 0 saturated carbocycles. The highest BCUT2D eigenvalue weighted by atomic mass is 16.5. The lowest BCUT2D eigenvalue weighted by Gasteiger charge is -2.15. The molecule has 0 spiro atoms. The second-order valence-corrected chi connectivity index (χ2v) is 4.41. The number of aliphatic hydroxyl groups is 1. The van der Waals surface area contributed by atoms with Gasteiger partial charge in [-0.15, -0.1) is 11.8 Å². The van der Waals surface area contributed by atoms with Crippen LogP contribution in [0.5, 0.6) is 5.75 Å². The third-order valence-electron chi connectivity index (χ3n) is 3.01. The molecular formula is C17H18O2. The maximum atomic E-state index is 9.86. The van der Waals surface area contributed by atoms with Crippen LogP contribution in [0.4, 0.5) is 0 Å². The van der Waals surface area contributed by atoms with Gasteiger partial charge in [-0.05, 0) is 19.2 Å². The van der Waals surface area contributed by atoms with Crippen molar-refractivity contribution in [3.8, 4) is 17.6 Å². The van der Waals surface area contributed by atoms with Gasteiger partial charge in [0.05, 0.1) is 12.7 Å². The van der Waals surface area contributed by atoms with Crippen LogP contribution in [0.3, 0.4) is 0 Å². The van der Waals surface area contributed by atoms with Crippen molar-refractivity contribution < 1.29 is 9.84 Å². The van der Waals surface area contributed by atoms with E-state index >= 15 is 0 Å². The molecule has 1 atom stereocenters. The number of hydrogen-bond donors (Lipinski definition) is 1. The van der Waals surface area contributed by atoms with Crippen molar-refractivity contribution in [1.29, 1.82) is 0 Å². The molecule has 2 heteroatoms. The fourth-order valence-electron chi connectivity index (χ4n) is 2.08. The molecule has 98 valence electrons. The van der Waals surface area contributed by atoms with Gasteiger partial charge in [0.15, 0.2) is 0 Å². The predicted molar refractivity (Wildman–Crippen MR) is 78.1 cm³/mol. The van der Waals surface area contributed by atoms with Crippen LogP contribution in [0.15, 0.2) is 36.4 Å². The summed E-state index contributed by atoms with van der Waals surface area (Å²) in [5.41, 5.74) is 0.822. The van der Waals surface area contributed by atoms with E-state index in [1.807, 2.05) is 43.3 Å². The molecule has 0 bridgehead atoms. The first-order valence-corrected chi connectivity index (χ1v) is 6.46. The van der Waals surface area contributed by atoms with Crippen molar-refractivity contribution in [2.24, 2.45) is 0 Å². The fraction of sp³-hybridized carbons (Fsp3) is 0.294. The Labute approximate surface area is 114 Å². The number of benzene rings is 2. The molecule has 1 unspecified atom stereocenters. The Morgan fingerprint density at radius 2 is 2.00 bits per heavy atom. The number of hydrogen-bond acceptors (Lipinski definition) is 2. The largest absolute Gasteiger partial charge is 0.492 e. The van der Waals surface area contributed by atoms with Crippen LogP contribution in [-0.4, -0.2) is 11.7 Å². The molecule has 19 heavy (non-hydrogen) atoms. The van der Waals surface area contributed by atoms with E-state index in [4.69, 9.17) is 4.74 Å². The highest BCUT2D eigenvalue weighted by Gasteiger charge is 2.12. The van der Waals surface area contributed by atoms with Crippen LogP contribution in [0.2, 0.25) is 0 Å². The lowest BCUT2D eigenvalue weighted by molar-refractivity contribution is 0.192. The zero-order valence-electron chi connectivity index (χ0n) is 11.3. The minimum absolute atomic E-state index is 0.536. The summed E-state index contributed by atoms with van der Waals surface area (Å²) in [4.78, 5) is 0. The normalized spacial score (nSPS) is 11.7. The first kappa shape index (κ1) is 13.5. The van der Waals surface area contributed by atoms with Crippen molar-refractivity contribution in [2.45, 2.75) is 26.4 Å². The smallest absolute Gasteiger partial charge is 0.132 e. The monoisotopic (exact) mass is 254 g/mol. The molecule has 1 N–H and O–H groups in total. The number of ether oxygens (including phenoxy) is 1. The highest BCUT2D eigenvalue weighted by molar-refractivity contribution is 5.89. The Morgan fingerprint density at radius 1 is 1.21 bits per heavy atom. The summed E-state index contributed by atoms with van der Waals surface area (Å²) < 4.78 is 5.85. The van der Waals surface area contributed by atoms with E-state index in [2.05, 4.69) is 11.8 Å². The van der Waals surface area contributed by atoms with Crippen molar-refractivity contribution in [3.63, 3.8) is 0 Å². The molecule has 0 amide bonds. The summed E-state index contributed by atoms with van der Waals surface area (Å²) in [6.07, 6.45) is 0.149. The molecular weight excluding hydrogens is 236 g/mol. The lowest BCUT2D eigenvalue weighted by atomic mass is 10.0. The summed E-state index contributed by atoms with van der Waals surface area (Å²) in [5.74, 6) is 6.60. The van der Waals surface area contributed by atoms with E-state index < -0.39 is 6.10 Å². The second-order valence-electron chi connectivity index (χ2n) is 4.41. The van der Waals surface area contributed by atoms with Gasteiger partial charge in [-0.3, -0.25) is 0 Å². The van der Waals surface area contributed by atoms with E-state index in [1.54, 1.807) is 6.92 Å². The third-order valence-corrected chi connectivity index (χ3v) is 3.01. The molecule has 2 aromatic rings. The van der Waals surface area contributed by atoms with Crippen LogP contribution in [-0.2, 0) is 0 Å². The highest BCUT2D eigenvalue weighted by Crippen LogP contribution is 2.33. The van der Waals surface area contributed by atoms with E-state index in [-0.39, 0.29) is 0 Å². The predicted octanol–water partition coefficient (Wildman–Crippen LogP) is 3.69. The van der Waals surface area contributed by atoms with Crippen molar-refractivity contribution in [3.05, 3.63) is 42.0 Å². The van der Waals surface area contributed by atoms with Gasteiger partial charge in [0.1, 0.15) is 5.75 Å². The average molecular weight is 254 g/mol. The molecule has 0 aliphatic rings. The summed E-state index contributed by atoms with van der Waals surface area (Å²) in [5, 5.41) is 12.0. The van der Waals surface area contributed by atoms with Crippen LogP contribution in [0.1, 0.15) is 31.9 Å². The SMILES string of the molecule is CC#CCCOc1c(C(C)O)ccc2ccccc12. The molecule has 2 rings (SSSR count). The molecule has 0 aromatic heterocycles. The molecule has 0 aliphatic heterocycles. The van der Waals surface area contributed by atoms with Crippen molar-refractivity contribution in [2.75, 3.05) is 6.61 Å². The molecule has 0 saturated heterocycles. The Bertz CT molecular complexity index is 618. The van der Waals surface area contributed by atoms with Crippen LogP contribution < -0.4 is 4.74 Å². The first-order chi connectivity index (χ1) is 9.24. The number of fused-ring (bicyclic) bond motifs is 1. The van der Waals surface area contributed by atoms with Crippen LogP contribution in [0, 0.1) is 11.8 Å². The van der Waals surface area contributed by atoms with E-state index in [0.29, 0.717) is 13.0 Å². The zero-order chi connectivity index (χ0) is 13.7. The minimum Gasteiger partial charge on any atom is -0.492 e. The summed E-state index contributed by atoms with van der Waals surface area (Å²) in [6.45, 7) is 4.11. The Balaban J connectivity index is 2.39. The van der Waals surface area contributed by atoms with Crippen molar-refractivity contribution in [1.82, 2.24) is 0 Å². The molecule has 0 fully saturated rings. The lowest BCUT2D eigenvalue weighted by Crippen LogP contribution is -2.02. The third kappa shape index (κ3) is 3.07. The summed E-state index contributed by atoms with van der Waals surface area (Å²) in [6, 6.07) is 12.0. The summed E-state index contributed by atoms with van der Waals surface area (Å²) in [7, 11) is 0. The van der Waals surface area contributed by atoms with Gasteiger partial charge < -0.3 is 9.84 Å². The minimum atomic E-state index is -0.545. The number of aliphatic hydroxyl groups excluding tert-OH is 1. The molecule has 0 radical (unpaired) electrons. The van der Waals surface area contributed by atoms with Gasteiger partial charge in [0.25, 0.3) is 0 Å². The maximum Gasteiger partial charge on any atom is 0.132 e. The maximum absolute atomic E-state index is 9.86. The second kappa shape index (κ2) is 6.26. The fourth-order valence-corrected chi connectivity index (χ4v) is 2.08. The first-order valence-electron chi connectivity index (χ1n) is 6.46. The van der Waals surface area contributed by atoms with Gasteiger partial charge in [-0.25, -0.2) is 0 Å². The Kier molecular flexibility index (Phi) is 4.43. The zero-order valence-corrected chi connectivity index (χ0v) is 11.3. The topological polar surface area (TPSA) is 29.5 Å². The van der Waals surface area contributed by atoms with Gasteiger partial charge in [0, 0.05) is 17.4 Å². The quantitative estimate of drug-likeness (QED) is 0.666. The molecule has 2 nitrogen and oxygen atoms in total. The van der Waals surface area contributed by atoms with Crippen LogP contribution in [0.25, 0.3) is 10.8 Å². The summed E-state index contributed by atoms with van der Waals surface area (Å²) >= 11 is 0. The van der Waals surface area contributed by atoms with Crippen molar-refractivity contribution >= 4 is 10.8 Å². The standard InChI is InChI=1S/C17H18O2/c1-3-4-7-12-19-17-15(13(2)18)11-10-14-8-5-6-9-16(14)17/h5-6,8-11,13,18H,7,12H2,1-2H3. The van der Waals surface area contributed by atoms with Gasteiger partial charge in [0.2, 0.25) is 0 Å².